The minimum absolute atomic E-state index is 0.0180. The third-order valence-corrected chi connectivity index (χ3v) is 12.1. The summed E-state index contributed by atoms with van der Waals surface area (Å²) >= 11 is 0. The SMILES string of the molecule is CCC[C@H](C[C@@H](O)[C@@H]1[C@H](CO[Si](C)(C)C(C)(C)C)[C@H]2C=C[C@@H]1O2)NCc1ccccc1. The molecule has 174 valence electrons. The van der Waals surface area contributed by atoms with Crippen molar-refractivity contribution < 1.29 is 14.3 Å². The molecule has 1 aromatic carbocycles. The molecule has 31 heavy (non-hydrogen) atoms. The molecule has 2 bridgehead atoms. The van der Waals surface area contributed by atoms with Gasteiger partial charge < -0.3 is 19.6 Å². The number of ether oxygens (including phenoxy) is 1. The molecule has 3 rings (SSSR count). The first-order valence-corrected chi connectivity index (χ1v) is 15.0. The van der Waals surface area contributed by atoms with Crippen molar-refractivity contribution in [1.82, 2.24) is 5.32 Å². The number of aliphatic hydroxyl groups excluding tert-OH is 1. The van der Waals surface area contributed by atoms with Crippen LogP contribution >= 0.6 is 0 Å². The Balaban J connectivity index is 1.62. The van der Waals surface area contributed by atoms with Crippen LogP contribution in [0.15, 0.2) is 42.5 Å². The highest BCUT2D eigenvalue weighted by Crippen LogP contribution is 2.44. The normalized spacial score (nSPS) is 27.6. The molecule has 0 radical (unpaired) electrons. The smallest absolute Gasteiger partial charge is 0.191 e. The number of fused-ring (bicyclic) bond motifs is 2. The molecule has 6 atom stereocenters. The van der Waals surface area contributed by atoms with E-state index in [1.807, 2.05) is 6.07 Å². The lowest BCUT2D eigenvalue weighted by Crippen LogP contribution is -2.45. The number of aliphatic hydroxyl groups is 1. The lowest BCUT2D eigenvalue weighted by Gasteiger charge is -2.39. The lowest BCUT2D eigenvalue weighted by atomic mass is 9.78. The number of benzene rings is 1. The summed E-state index contributed by atoms with van der Waals surface area (Å²) in [6, 6.07) is 10.8. The third-order valence-electron chi connectivity index (χ3n) is 7.59. The maximum absolute atomic E-state index is 11.3. The fraction of sp³-hybridized carbons (Fsp3) is 0.692. The molecule has 2 N–H and O–H groups in total. The lowest BCUT2D eigenvalue weighted by molar-refractivity contribution is 0.0349. The van der Waals surface area contributed by atoms with Crippen molar-refractivity contribution in [2.24, 2.45) is 11.8 Å². The number of hydrogen-bond acceptors (Lipinski definition) is 4. The van der Waals surface area contributed by atoms with E-state index in [-0.39, 0.29) is 29.1 Å². The zero-order valence-electron chi connectivity index (χ0n) is 20.3. The Kier molecular flexibility index (Phi) is 8.19. The van der Waals surface area contributed by atoms with Crippen molar-refractivity contribution in [3.05, 3.63) is 48.0 Å². The molecule has 2 heterocycles. The average molecular weight is 446 g/mol. The molecular formula is C26H43NO3Si. The topological polar surface area (TPSA) is 50.7 Å². The van der Waals surface area contributed by atoms with E-state index in [1.54, 1.807) is 0 Å². The van der Waals surface area contributed by atoms with Gasteiger partial charge in [-0.3, -0.25) is 0 Å². The Hall–Kier alpha value is -0.983. The van der Waals surface area contributed by atoms with Gasteiger partial charge in [0.05, 0.1) is 18.3 Å². The van der Waals surface area contributed by atoms with Gasteiger partial charge in [0.2, 0.25) is 0 Å². The number of nitrogens with one attached hydrogen (secondary N) is 1. The summed E-state index contributed by atoms with van der Waals surface area (Å²) in [6.45, 7) is 15.1. The quantitative estimate of drug-likeness (QED) is 0.359. The first-order chi connectivity index (χ1) is 14.6. The Bertz CT molecular complexity index is 715. The van der Waals surface area contributed by atoms with E-state index in [0.717, 1.165) is 25.8 Å². The molecular weight excluding hydrogens is 402 g/mol. The van der Waals surface area contributed by atoms with E-state index in [0.29, 0.717) is 12.6 Å². The Labute approximate surface area is 190 Å². The summed E-state index contributed by atoms with van der Waals surface area (Å²) in [4.78, 5) is 0. The molecule has 1 fully saturated rings. The van der Waals surface area contributed by atoms with E-state index in [1.165, 1.54) is 5.56 Å². The zero-order valence-corrected chi connectivity index (χ0v) is 21.3. The van der Waals surface area contributed by atoms with Gasteiger partial charge in [0, 0.05) is 31.0 Å². The van der Waals surface area contributed by atoms with Gasteiger partial charge in [0.1, 0.15) is 0 Å². The second-order valence-corrected chi connectivity index (χ2v) is 15.7. The van der Waals surface area contributed by atoms with E-state index < -0.39 is 14.4 Å². The van der Waals surface area contributed by atoms with E-state index >= 15 is 0 Å². The molecule has 0 aromatic heterocycles. The summed E-state index contributed by atoms with van der Waals surface area (Å²) in [5, 5.41) is 15.2. The van der Waals surface area contributed by atoms with Gasteiger partial charge >= 0.3 is 0 Å². The maximum Gasteiger partial charge on any atom is 0.191 e. The van der Waals surface area contributed by atoms with Gasteiger partial charge in [-0.2, -0.15) is 0 Å². The minimum Gasteiger partial charge on any atom is -0.416 e. The first-order valence-electron chi connectivity index (χ1n) is 12.1. The minimum atomic E-state index is -1.83. The van der Waals surface area contributed by atoms with Crippen LogP contribution in [-0.2, 0) is 15.7 Å². The highest BCUT2D eigenvalue weighted by molar-refractivity contribution is 6.74. The molecule has 1 saturated heterocycles. The summed E-state index contributed by atoms with van der Waals surface area (Å²) in [7, 11) is -1.83. The van der Waals surface area contributed by atoms with Crippen molar-refractivity contribution in [1.29, 1.82) is 0 Å². The number of hydrogen-bond donors (Lipinski definition) is 2. The molecule has 0 amide bonds. The van der Waals surface area contributed by atoms with Crippen molar-refractivity contribution in [3.8, 4) is 0 Å². The Morgan fingerprint density at radius 2 is 1.81 bits per heavy atom. The summed E-state index contributed by atoms with van der Waals surface area (Å²) in [5.41, 5.74) is 1.28. The summed E-state index contributed by atoms with van der Waals surface area (Å²) in [5.74, 6) is 0.341. The Morgan fingerprint density at radius 1 is 1.13 bits per heavy atom. The van der Waals surface area contributed by atoms with Crippen LogP contribution in [0, 0.1) is 11.8 Å². The predicted molar refractivity (Wildman–Crippen MR) is 131 cm³/mol. The summed E-state index contributed by atoms with van der Waals surface area (Å²) in [6.07, 6.45) is 6.94. The van der Waals surface area contributed by atoms with Crippen LogP contribution in [-0.4, -0.2) is 44.4 Å². The van der Waals surface area contributed by atoms with Crippen LogP contribution in [0.2, 0.25) is 18.1 Å². The van der Waals surface area contributed by atoms with Gasteiger partial charge in [0.15, 0.2) is 8.32 Å². The first kappa shape index (κ1) is 24.7. The van der Waals surface area contributed by atoms with E-state index in [9.17, 15) is 5.11 Å². The molecule has 1 aromatic rings. The molecule has 5 heteroatoms. The Morgan fingerprint density at radius 3 is 2.45 bits per heavy atom. The molecule has 2 aliphatic rings. The number of rotatable bonds is 11. The van der Waals surface area contributed by atoms with Gasteiger partial charge in [-0.05, 0) is 36.5 Å². The van der Waals surface area contributed by atoms with Gasteiger partial charge in [0.25, 0.3) is 0 Å². The largest absolute Gasteiger partial charge is 0.416 e. The highest BCUT2D eigenvalue weighted by Gasteiger charge is 2.50. The van der Waals surface area contributed by atoms with Gasteiger partial charge in [-0.1, -0.05) is 76.6 Å². The van der Waals surface area contributed by atoms with Gasteiger partial charge in [-0.15, -0.1) is 0 Å². The van der Waals surface area contributed by atoms with Gasteiger partial charge in [-0.25, -0.2) is 0 Å². The van der Waals surface area contributed by atoms with Crippen LogP contribution in [0.5, 0.6) is 0 Å². The zero-order chi connectivity index (χ0) is 22.6. The molecule has 4 nitrogen and oxygen atoms in total. The van der Waals surface area contributed by atoms with E-state index in [4.69, 9.17) is 9.16 Å². The average Bonchev–Trinajstić information content (AvgIpc) is 3.32. The van der Waals surface area contributed by atoms with Crippen LogP contribution in [0.3, 0.4) is 0 Å². The molecule has 0 unspecified atom stereocenters. The second-order valence-electron chi connectivity index (χ2n) is 10.9. The van der Waals surface area contributed by atoms with Crippen LogP contribution in [0.1, 0.15) is 52.5 Å². The fourth-order valence-electron chi connectivity index (χ4n) is 4.61. The van der Waals surface area contributed by atoms with Crippen molar-refractivity contribution in [2.75, 3.05) is 6.61 Å². The van der Waals surface area contributed by atoms with Crippen molar-refractivity contribution >= 4 is 8.32 Å². The molecule has 0 spiro atoms. The molecule has 0 aliphatic carbocycles. The predicted octanol–water partition coefficient (Wildman–Crippen LogP) is 5.29. The monoisotopic (exact) mass is 445 g/mol. The van der Waals surface area contributed by atoms with Crippen LogP contribution in [0.25, 0.3) is 0 Å². The van der Waals surface area contributed by atoms with Crippen LogP contribution < -0.4 is 5.32 Å². The van der Waals surface area contributed by atoms with Crippen molar-refractivity contribution in [3.63, 3.8) is 0 Å². The standard InChI is InChI=1S/C26H43NO3Si/c1-7-11-20(27-17-19-12-9-8-10-13-19)16-22(28)25-21(23-14-15-24(25)30-23)18-29-31(5,6)26(2,3)4/h8-10,12-15,20-25,27-28H,7,11,16-18H2,1-6H3/t20-,21-,22-,23-,24+,25+/m1/s1. The third kappa shape index (κ3) is 6.08. The molecule has 0 saturated carbocycles. The summed E-state index contributed by atoms with van der Waals surface area (Å²) < 4.78 is 12.8. The van der Waals surface area contributed by atoms with Crippen LogP contribution in [0.4, 0.5) is 0 Å². The maximum atomic E-state index is 11.3. The second kappa shape index (κ2) is 10.3. The van der Waals surface area contributed by atoms with E-state index in [2.05, 4.69) is 82.5 Å². The van der Waals surface area contributed by atoms with Crippen molar-refractivity contribution in [2.45, 2.75) is 96.0 Å². The molecule has 2 aliphatic heterocycles. The fourth-order valence-corrected chi connectivity index (χ4v) is 5.65. The highest BCUT2D eigenvalue weighted by atomic mass is 28.4.